The van der Waals surface area contributed by atoms with Crippen molar-refractivity contribution in [2.75, 3.05) is 14.2 Å². The third-order valence-electron chi connectivity index (χ3n) is 2.73. The smallest absolute Gasteiger partial charge is 0.303 e. The summed E-state index contributed by atoms with van der Waals surface area (Å²) in [6.07, 6.45) is 0.162. The van der Waals surface area contributed by atoms with E-state index in [9.17, 15) is 9.59 Å². The topological polar surface area (TPSA) is 72.8 Å². The molecule has 0 saturated heterocycles. The number of carbonyl (C=O) groups is 2. The SMILES string of the molecule is COc1cc(OC)cc(C(=O)CC(C)CC(=O)O)c1. The summed E-state index contributed by atoms with van der Waals surface area (Å²) in [5.74, 6) is -0.154. The van der Waals surface area contributed by atoms with Gasteiger partial charge in [-0.1, -0.05) is 6.92 Å². The van der Waals surface area contributed by atoms with Crippen molar-refractivity contribution in [3.63, 3.8) is 0 Å². The fourth-order valence-corrected chi connectivity index (χ4v) is 1.77. The Balaban J connectivity index is 2.83. The molecule has 0 bridgehead atoms. The molecule has 5 heteroatoms. The van der Waals surface area contributed by atoms with Gasteiger partial charge in [-0.25, -0.2) is 0 Å². The highest BCUT2D eigenvalue weighted by Crippen LogP contribution is 2.24. The van der Waals surface area contributed by atoms with Gasteiger partial charge in [0.15, 0.2) is 5.78 Å². The molecular weight excluding hydrogens is 248 g/mol. The number of hydrogen-bond acceptors (Lipinski definition) is 4. The van der Waals surface area contributed by atoms with Crippen LogP contribution in [0.1, 0.15) is 30.1 Å². The second-order valence-corrected chi connectivity index (χ2v) is 4.43. The minimum atomic E-state index is -0.900. The zero-order chi connectivity index (χ0) is 14.4. The summed E-state index contributed by atoms with van der Waals surface area (Å²) in [5, 5.41) is 8.68. The highest BCUT2D eigenvalue weighted by molar-refractivity contribution is 5.97. The molecule has 1 N–H and O–H groups in total. The summed E-state index contributed by atoms with van der Waals surface area (Å²) in [6, 6.07) is 4.92. The molecule has 0 aliphatic carbocycles. The number of rotatable bonds is 7. The number of carboxylic acids is 1. The molecule has 1 aromatic carbocycles. The Morgan fingerprint density at radius 3 is 2.05 bits per heavy atom. The molecule has 104 valence electrons. The predicted octanol–water partition coefficient (Wildman–Crippen LogP) is 2.39. The Hall–Kier alpha value is -2.04. The Kier molecular flexibility index (Phi) is 5.36. The third kappa shape index (κ3) is 4.62. The summed E-state index contributed by atoms with van der Waals surface area (Å²) >= 11 is 0. The molecule has 19 heavy (non-hydrogen) atoms. The standard InChI is InChI=1S/C14H18O5/c1-9(5-14(16)17)4-13(15)10-6-11(18-2)8-12(7-10)19-3/h6-9H,4-5H2,1-3H3,(H,16,17). The van der Waals surface area contributed by atoms with Gasteiger partial charge in [0.1, 0.15) is 11.5 Å². The van der Waals surface area contributed by atoms with Gasteiger partial charge in [0.05, 0.1) is 14.2 Å². The molecule has 5 nitrogen and oxygen atoms in total. The van der Waals surface area contributed by atoms with Crippen LogP contribution in [0.25, 0.3) is 0 Å². The first kappa shape index (κ1) is 15.0. The van der Waals surface area contributed by atoms with Crippen molar-refractivity contribution in [1.82, 2.24) is 0 Å². The van der Waals surface area contributed by atoms with Crippen molar-refractivity contribution in [1.29, 1.82) is 0 Å². The van der Waals surface area contributed by atoms with Crippen molar-refractivity contribution in [3.8, 4) is 11.5 Å². The van der Waals surface area contributed by atoms with Gasteiger partial charge >= 0.3 is 5.97 Å². The van der Waals surface area contributed by atoms with Crippen molar-refractivity contribution in [2.24, 2.45) is 5.92 Å². The van der Waals surface area contributed by atoms with Gasteiger partial charge in [-0.3, -0.25) is 9.59 Å². The molecule has 1 aromatic rings. The second kappa shape index (κ2) is 6.78. The monoisotopic (exact) mass is 266 g/mol. The predicted molar refractivity (Wildman–Crippen MR) is 69.9 cm³/mol. The van der Waals surface area contributed by atoms with Gasteiger partial charge < -0.3 is 14.6 Å². The van der Waals surface area contributed by atoms with E-state index in [0.717, 1.165) is 0 Å². The molecule has 1 atom stereocenters. The average molecular weight is 266 g/mol. The number of hydrogen-bond donors (Lipinski definition) is 1. The molecule has 0 aliphatic rings. The van der Waals surface area contributed by atoms with E-state index in [1.54, 1.807) is 25.1 Å². The van der Waals surface area contributed by atoms with Crippen LogP contribution in [0.2, 0.25) is 0 Å². The minimum absolute atomic E-state index is 0.0210. The number of ketones is 1. The van der Waals surface area contributed by atoms with Gasteiger partial charge in [0, 0.05) is 24.5 Å². The number of ether oxygens (including phenoxy) is 2. The molecule has 0 spiro atoms. The molecule has 0 fully saturated rings. The van der Waals surface area contributed by atoms with Crippen LogP contribution in [-0.2, 0) is 4.79 Å². The molecule has 0 saturated carbocycles. The number of methoxy groups -OCH3 is 2. The van der Waals surface area contributed by atoms with E-state index >= 15 is 0 Å². The van der Waals surface area contributed by atoms with Crippen LogP contribution >= 0.6 is 0 Å². The van der Waals surface area contributed by atoms with Crippen LogP contribution in [0.3, 0.4) is 0 Å². The van der Waals surface area contributed by atoms with E-state index in [4.69, 9.17) is 14.6 Å². The quantitative estimate of drug-likeness (QED) is 0.767. The summed E-state index contributed by atoms with van der Waals surface area (Å²) in [5.41, 5.74) is 0.466. The maximum atomic E-state index is 12.1. The van der Waals surface area contributed by atoms with Crippen molar-refractivity contribution in [2.45, 2.75) is 19.8 Å². The van der Waals surface area contributed by atoms with Gasteiger partial charge in [-0.05, 0) is 18.1 Å². The number of aliphatic carboxylic acids is 1. The maximum absolute atomic E-state index is 12.1. The largest absolute Gasteiger partial charge is 0.497 e. The van der Waals surface area contributed by atoms with Crippen LogP contribution in [0.4, 0.5) is 0 Å². The molecule has 1 rings (SSSR count). The van der Waals surface area contributed by atoms with E-state index in [2.05, 4.69) is 0 Å². The zero-order valence-corrected chi connectivity index (χ0v) is 11.3. The number of carbonyl (C=O) groups excluding carboxylic acids is 1. The lowest BCUT2D eigenvalue weighted by atomic mass is 9.97. The first-order valence-electron chi connectivity index (χ1n) is 5.94. The van der Waals surface area contributed by atoms with E-state index in [-0.39, 0.29) is 24.5 Å². The van der Waals surface area contributed by atoms with Crippen molar-refractivity contribution < 1.29 is 24.2 Å². The first-order chi connectivity index (χ1) is 8.96. The summed E-state index contributed by atoms with van der Waals surface area (Å²) in [6.45, 7) is 1.74. The molecule has 0 amide bonds. The van der Waals surface area contributed by atoms with E-state index < -0.39 is 5.97 Å². The van der Waals surface area contributed by atoms with E-state index in [1.165, 1.54) is 14.2 Å². The van der Waals surface area contributed by atoms with Crippen LogP contribution in [-0.4, -0.2) is 31.1 Å². The minimum Gasteiger partial charge on any atom is -0.497 e. The molecular formula is C14H18O5. The summed E-state index contributed by atoms with van der Waals surface area (Å²) in [7, 11) is 3.02. The Morgan fingerprint density at radius 2 is 1.63 bits per heavy atom. The zero-order valence-electron chi connectivity index (χ0n) is 11.3. The molecule has 0 aliphatic heterocycles. The second-order valence-electron chi connectivity index (χ2n) is 4.43. The molecule has 0 heterocycles. The highest BCUT2D eigenvalue weighted by atomic mass is 16.5. The molecule has 0 radical (unpaired) electrons. The number of Topliss-reactive ketones (excluding diaryl/α,β-unsaturated/α-hetero) is 1. The van der Waals surface area contributed by atoms with E-state index in [1.807, 2.05) is 0 Å². The number of benzene rings is 1. The van der Waals surface area contributed by atoms with Crippen molar-refractivity contribution >= 4 is 11.8 Å². The van der Waals surface area contributed by atoms with Crippen LogP contribution in [0.15, 0.2) is 18.2 Å². The Labute approximate surface area is 112 Å². The normalized spacial score (nSPS) is 11.7. The average Bonchev–Trinajstić information content (AvgIpc) is 2.36. The third-order valence-corrected chi connectivity index (χ3v) is 2.73. The van der Waals surface area contributed by atoms with E-state index in [0.29, 0.717) is 17.1 Å². The lowest BCUT2D eigenvalue weighted by Crippen LogP contribution is -2.10. The summed E-state index contributed by atoms with van der Waals surface area (Å²) in [4.78, 5) is 22.6. The molecule has 1 unspecified atom stereocenters. The molecule has 0 aromatic heterocycles. The maximum Gasteiger partial charge on any atom is 0.303 e. The first-order valence-corrected chi connectivity index (χ1v) is 5.94. The Bertz CT molecular complexity index is 445. The van der Waals surface area contributed by atoms with Gasteiger partial charge in [-0.2, -0.15) is 0 Å². The van der Waals surface area contributed by atoms with Gasteiger partial charge in [-0.15, -0.1) is 0 Å². The van der Waals surface area contributed by atoms with Crippen molar-refractivity contribution in [3.05, 3.63) is 23.8 Å². The fourth-order valence-electron chi connectivity index (χ4n) is 1.77. The lowest BCUT2D eigenvalue weighted by molar-refractivity contribution is -0.137. The van der Waals surface area contributed by atoms with Crippen LogP contribution in [0.5, 0.6) is 11.5 Å². The van der Waals surface area contributed by atoms with Crippen LogP contribution < -0.4 is 9.47 Å². The number of carboxylic acid groups (broad SMARTS) is 1. The highest BCUT2D eigenvalue weighted by Gasteiger charge is 2.15. The summed E-state index contributed by atoms with van der Waals surface area (Å²) < 4.78 is 10.2. The van der Waals surface area contributed by atoms with Gasteiger partial charge in [0.2, 0.25) is 0 Å². The Morgan fingerprint density at radius 1 is 1.11 bits per heavy atom. The lowest BCUT2D eigenvalue weighted by Gasteiger charge is -2.10. The fraction of sp³-hybridized carbons (Fsp3) is 0.429. The van der Waals surface area contributed by atoms with Gasteiger partial charge in [0.25, 0.3) is 0 Å². The van der Waals surface area contributed by atoms with Crippen LogP contribution in [0, 0.1) is 5.92 Å².